The molecule has 18 heavy (non-hydrogen) atoms. The molecule has 0 aliphatic rings. The zero-order valence-electron chi connectivity index (χ0n) is 11.1. The zero-order chi connectivity index (χ0) is 12.8. The number of benzene rings is 1. The molecule has 1 aromatic heterocycles. The third kappa shape index (κ3) is 2.99. The van der Waals surface area contributed by atoms with E-state index in [2.05, 4.69) is 60.8 Å². The molecule has 0 saturated heterocycles. The summed E-state index contributed by atoms with van der Waals surface area (Å²) in [5.41, 5.74) is 2.53. The van der Waals surface area contributed by atoms with Gasteiger partial charge in [0.1, 0.15) is 0 Å². The standard InChI is InChI=1S/C15H21N3/c1-3-10-16-15(13-8-6-5-7-9-13)14-11-17-18(4-2)12-14/h5-9,11-12,15-16H,3-4,10H2,1-2H3. The summed E-state index contributed by atoms with van der Waals surface area (Å²) in [6, 6.07) is 10.8. The minimum Gasteiger partial charge on any atom is -0.306 e. The van der Waals surface area contributed by atoms with Crippen molar-refractivity contribution in [1.82, 2.24) is 15.1 Å². The Morgan fingerprint density at radius 1 is 1.17 bits per heavy atom. The van der Waals surface area contributed by atoms with Crippen LogP contribution in [0.2, 0.25) is 0 Å². The van der Waals surface area contributed by atoms with Crippen LogP contribution in [-0.4, -0.2) is 16.3 Å². The Morgan fingerprint density at radius 3 is 2.56 bits per heavy atom. The second kappa shape index (κ2) is 6.36. The van der Waals surface area contributed by atoms with Gasteiger partial charge in [-0.3, -0.25) is 4.68 Å². The van der Waals surface area contributed by atoms with E-state index in [1.807, 2.05) is 10.9 Å². The van der Waals surface area contributed by atoms with E-state index in [1.54, 1.807) is 0 Å². The SMILES string of the molecule is CCCNC(c1ccccc1)c1cnn(CC)c1. The van der Waals surface area contributed by atoms with Crippen LogP contribution in [0, 0.1) is 0 Å². The van der Waals surface area contributed by atoms with E-state index in [0.29, 0.717) is 0 Å². The van der Waals surface area contributed by atoms with Crippen molar-refractivity contribution in [2.75, 3.05) is 6.54 Å². The topological polar surface area (TPSA) is 29.9 Å². The molecule has 2 rings (SSSR count). The van der Waals surface area contributed by atoms with Crippen LogP contribution in [0.3, 0.4) is 0 Å². The Balaban J connectivity index is 2.24. The Bertz CT molecular complexity index is 462. The molecule has 0 radical (unpaired) electrons. The summed E-state index contributed by atoms with van der Waals surface area (Å²) in [5, 5.41) is 7.95. The van der Waals surface area contributed by atoms with Gasteiger partial charge in [0.25, 0.3) is 0 Å². The van der Waals surface area contributed by atoms with E-state index >= 15 is 0 Å². The molecule has 96 valence electrons. The van der Waals surface area contributed by atoms with Crippen LogP contribution in [0.15, 0.2) is 42.7 Å². The Hall–Kier alpha value is -1.61. The molecular weight excluding hydrogens is 222 g/mol. The van der Waals surface area contributed by atoms with Gasteiger partial charge >= 0.3 is 0 Å². The lowest BCUT2D eigenvalue weighted by Gasteiger charge is -2.17. The smallest absolute Gasteiger partial charge is 0.0607 e. The van der Waals surface area contributed by atoms with Gasteiger partial charge in [0.15, 0.2) is 0 Å². The maximum Gasteiger partial charge on any atom is 0.0607 e. The van der Waals surface area contributed by atoms with Crippen LogP contribution in [0.5, 0.6) is 0 Å². The van der Waals surface area contributed by atoms with Gasteiger partial charge in [-0.25, -0.2) is 0 Å². The van der Waals surface area contributed by atoms with Crippen LogP contribution >= 0.6 is 0 Å². The summed E-state index contributed by atoms with van der Waals surface area (Å²) in [6.45, 7) is 6.21. The molecule has 1 heterocycles. The van der Waals surface area contributed by atoms with Crippen LogP contribution in [-0.2, 0) is 6.54 Å². The van der Waals surface area contributed by atoms with E-state index in [-0.39, 0.29) is 6.04 Å². The summed E-state index contributed by atoms with van der Waals surface area (Å²) in [5.74, 6) is 0. The highest BCUT2D eigenvalue weighted by Crippen LogP contribution is 2.21. The van der Waals surface area contributed by atoms with Crippen LogP contribution in [0.4, 0.5) is 0 Å². The minimum absolute atomic E-state index is 0.242. The van der Waals surface area contributed by atoms with E-state index in [9.17, 15) is 0 Å². The highest BCUT2D eigenvalue weighted by Gasteiger charge is 2.14. The van der Waals surface area contributed by atoms with Crippen LogP contribution < -0.4 is 5.32 Å². The third-order valence-electron chi connectivity index (χ3n) is 3.04. The summed E-state index contributed by atoms with van der Waals surface area (Å²) < 4.78 is 1.97. The largest absolute Gasteiger partial charge is 0.306 e. The minimum atomic E-state index is 0.242. The first-order valence-electron chi connectivity index (χ1n) is 6.65. The van der Waals surface area contributed by atoms with Crippen molar-refractivity contribution in [3.63, 3.8) is 0 Å². The van der Waals surface area contributed by atoms with Gasteiger partial charge in [0, 0.05) is 18.3 Å². The van der Waals surface area contributed by atoms with Gasteiger partial charge in [-0.2, -0.15) is 5.10 Å². The van der Waals surface area contributed by atoms with Gasteiger partial charge in [-0.05, 0) is 25.5 Å². The second-order valence-corrected chi connectivity index (χ2v) is 4.43. The first-order valence-corrected chi connectivity index (χ1v) is 6.65. The van der Waals surface area contributed by atoms with Crippen LogP contribution in [0.1, 0.15) is 37.4 Å². The molecule has 3 heteroatoms. The summed E-state index contributed by atoms with van der Waals surface area (Å²) in [6.07, 6.45) is 5.22. The second-order valence-electron chi connectivity index (χ2n) is 4.43. The Labute approximate surface area is 109 Å². The summed E-state index contributed by atoms with van der Waals surface area (Å²) in [7, 11) is 0. The van der Waals surface area contributed by atoms with Gasteiger partial charge in [-0.15, -0.1) is 0 Å². The van der Waals surface area contributed by atoms with Gasteiger partial charge in [0.2, 0.25) is 0 Å². The molecular formula is C15H21N3. The van der Waals surface area contributed by atoms with E-state index in [1.165, 1.54) is 11.1 Å². The molecule has 1 unspecified atom stereocenters. The predicted octanol–water partition coefficient (Wildman–Crippen LogP) is 2.99. The number of nitrogens with zero attached hydrogens (tertiary/aromatic N) is 2. The molecule has 1 aromatic carbocycles. The van der Waals surface area contributed by atoms with Gasteiger partial charge < -0.3 is 5.32 Å². The molecule has 0 fully saturated rings. The third-order valence-corrected chi connectivity index (χ3v) is 3.04. The van der Waals surface area contributed by atoms with Crippen molar-refractivity contribution in [2.24, 2.45) is 0 Å². The highest BCUT2D eigenvalue weighted by atomic mass is 15.3. The normalized spacial score (nSPS) is 12.6. The number of nitrogens with one attached hydrogen (secondary N) is 1. The lowest BCUT2D eigenvalue weighted by Crippen LogP contribution is -2.22. The van der Waals surface area contributed by atoms with Gasteiger partial charge in [-0.1, -0.05) is 37.3 Å². The van der Waals surface area contributed by atoms with Crippen molar-refractivity contribution in [2.45, 2.75) is 32.9 Å². The number of hydrogen-bond acceptors (Lipinski definition) is 2. The van der Waals surface area contributed by atoms with Crippen molar-refractivity contribution < 1.29 is 0 Å². The molecule has 3 nitrogen and oxygen atoms in total. The van der Waals surface area contributed by atoms with Crippen molar-refractivity contribution in [3.05, 3.63) is 53.9 Å². The zero-order valence-corrected chi connectivity index (χ0v) is 11.1. The van der Waals surface area contributed by atoms with Crippen molar-refractivity contribution in [1.29, 1.82) is 0 Å². The molecule has 0 aliphatic carbocycles. The number of rotatable bonds is 6. The van der Waals surface area contributed by atoms with E-state index < -0.39 is 0 Å². The molecule has 0 aliphatic heterocycles. The molecule has 1 N–H and O–H groups in total. The van der Waals surface area contributed by atoms with Crippen molar-refractivity contribution in [3.8, 4) is 0 Å². The fourth-order valence-corrected chi connectivity index (χ4v) is 2.06. The fraction of sp³-hybridized carbons (Fsp3) is 0.400. The first-order chi connectivity index (χ1) is 8.85. The average Bonchev–Trinajstić information content (AvgIpc) is 2.89. The first kappa shape index (κ1) is 12.8. The monoisotopic (exact) mass is 243 g/mol. The molecule has 2 aromatic rings. The molecule has 0 amide bonds. The average molecular weight is 243 g/mol. The highest BCUT2D eigenvalue weighted by molar-refractivity contribution is 5.28. The maximum atomic E-state index is 4.37. The summed E-state index contributed by atoms with van der Waals surface area (Å²) >= 11 is 0. The number of aromatic nitrogens is 2. The van der Waals surface area contributed by atoms with Crippen molar-refractivity contribution >= 4 is 0 Å². The lowest BCUT2D eigenvalue weighted by atomic mass is 10.0. The number of hydrogen-bond donors (Lipinski definition) is 1. The Kier molecular flexibility index (Phi) is 4.53. The van der Waals surface area contributed by atoms with E-state index in [0.717, 1.165) is 19.5 Å². The molecule has 1 atom stereocenters. The fourth-order valence-electron chi connectivity index (χ4n) is 2.06. The Morgan fingerprint density at radius 2 is 1.94 bits per heavy atom. The quantitative estimate of drug-likeness (QED) is 0.845. The molecule has 0 bridgehead atoms. The lowest BCUT2D eigenvalue weighted by molar-refractivity contribution is 0.596. The van der Waals surface area contributed by atoms with E-state index in [4.69, 9.17) is 0 Å². The van der Waals surface area contributed by atoms with Gasteiger partial charge in [0.05, 0.1) is 12.2 Å². The van der Waals surface area contributed by atoms with Crippen LogP contribution in [0.25, 0.3) is 0 Å². The summed E-state index contributed by atoms with van der Waals surface area (Å²) in [4.78, 5) is 0. The number of aryl methyl sites for hydroxylation is 1. The predicted molar refractivity (Wildman–Crippen MR) is 74.5 cm³/mol. The molecule has 0 saturated carbocycles. The maximum absolute atomic E-state index is 4.37. The molecule has 0 spiro atoms.